The zero-order valence-electron chi connectivity index (χ0n) is 9.42. The van der Waals surface area contributed by atoms with Crippen molar-refractivity contribution in [2.75, 3.05) is 0 Å². The van der Waals surface area contributed by atoms with Crippen molar-refractivity contribution in [3.8, 4) is 0 Å². The first-order chi connectivity index (χ1) is 8.47. The first-order valence-corrected chi connectivity index (χ1v) is 7.29. The molecule has 8 heteroatoms. The van der Waals surface area contributed by atoms with E-state index < -0.39 is 10.0 Å². The summed E-state index contributed by atoms with van der Waals surface area (Å²) < 4.78 is 31.8. The van der Waals surface area contributed by atoms with Gasteiger partial charge < -0.3 is 4.52 Å². The lowest BCUT2D eigenvalue weighted by atomic mass is 10.4. The van der Waals surface area contributed by atoms with Crippen LogP contribution in [0.2, 0.25) is 0 Å². The number of benzene rings is 1. The molecule has 0 aliphatic rings. The fourth-order valence-corrected chi connectivity index (χ4v) is 2.50. The lowest BCUT2D eigenvalue weighted by Gasteiger charge is -2.04. The van der Waals surface area contributed by atoms with Crippen molar-refractivity contribution in [3.63, 3.8) is 0 Å². The van der Waals surface area contributed by atoms with Crippen molar-refractivity contribution >= 4 is 26.0 Å². The Morgan fingerprint density at radius 2 is 2.00 bits per heavy atom. The van der Waals surface area contributed by atoms with Crippen LogP contribution < -0.4 is 4.72 Å². The highest BCUT2D eigenvalue weighted by atomic mass is 79.9. The van der Waals surface area contributed by atoms with Crippen LogP contribution >= 0.6 is 15.9 Å². The van der Waals surface area contributed by atoms with E-state index in [9.17, 15) is 8.42 Å². The van der Waals surface area contributed by atoms with E-state index in [1.807, 2.05) is 0 Å². The van der Waals surface area contributed by atoms with E-state index in [1.54, 1.807) is 19.1 Å². The molecule has 0 radical (unpaired) electrons. The molecule has 2 rings (SSSR count). The highest BCUT2D eigenvalue weighted by Gasteiger charge is 2.15. The molecule has 0 aliphatic heterocycles. The number of aryl methyl sites for hydroxylation is 1. The summed E-state index contributed by atoms with van der Waals surface area (Å²) in [7, 11) is -3.56. The van der Waals surface area contributed by atoms with Crippen LogP contribution in [0, 0.1) is 6.92 Å². The highest BCUT2D eigenvalue weighted by Crippen LogP contribution is 2.14. The Morgan fingerprint density at radius 1 is 1.33 bits per heavy atom. The molecule has 1 N–H and O–H groups in total. The number of aromatic nitrogens is 2. The Labute approximate surface area is 113 Å². The zero-order chi connectivity index (χ0) is 13.2. The van der Waals surface area contributed by atoms with E-state index in [2.05, 4.69) is 30.8 Å². The molecule has 6 nitrogen and oxygen atoms in total. The molecule has 1 aromatic heterocycles. The van der Waals surface area contributed by atoms with Crippen LogP contribution in [0.3, 0.4) is 0 Å². The quantitative estimate of drug-likeness (QED) is 0.920. The van der Waals surface area contributed by atoms with Crippen LogP contribution in [-0.4, -0.2) is 18.6 Å². The lowest BCUT2D eigenvalue weighted by molar-refractivity contribution is 0.372. The summed E-state index contributed by atoms with van der Waals surface area (Å²) in [5.41, 5.74) is 0. The first-order valence-electron chi connectivity index (χ1n) is 5.02. The minimum Gasteiger partial charge on any atom is -0.338 e. The van der Waals surface area contributed by atoms with Crippen molar-refractivity contribution in [2.24, 2.45) is 0 Å². The molecule has 0 saturated carbocycles. The number of nitrogens with zero attached hydrogens (tertiary/aromatic N) is 2. The summed E-state index contributed by atoms with van der Waals surface area (Å²) >= 11 is 3.24. The van der Waals surface area contributed by atoms with Gasteiger partial charge in [0.1, 0.15) is 0 Å². The molecule has 1 aromatic carbocycles. The second kappa shape index (κ2) is 5.17. The van der Waals surface area contributed by atoms with Gasteiger partial charge in [-0.05, 0) is 31.2 Å². The van der Waals surface area contributed by atoms with E-state index in [1.165, 1.54) is 12.1 Å². The van der Waals surface area contributed by atoms with Gasteiger partial charge >= 0.3 is 0 Å². The van der Waals surface area contributed by atoms with Crippen molar-refractivity contribution in [3.05, 3.63) is 40.5 Å². The SMILES string of the molecule is Cc1noc(CNS(=O)(=O)c2ccc(Br)cc2)n1. The van der Waals surface area contributed by atoms with E-state index >= 15 is 0 Å². The molecule has 0 spiro atoms. The maximum Gasteiger partial charge on any atom is 0.241 e. The van der Waals surface area contributed by atoms with E-state index in [4.69, 9.17) is 4.52 Å². The molecule has 0 bridgehead atoms. The summed E-state index contributed by atoms with van der Waals surface area (Å²) in [6.07, 6.45) is 0. The second-order valence-corrected chi connectivity index (χ2v) is 6.20. The van der Waals surface area contributed by atoms with Crippen LogP contribution in [0.25, 0.3) is 0 Å². The van der Waals surface area contributed by atoms with Crippen LogP contribution in [0.15, 0.2) is 38.2 Å². The standard InChI is InChI=1S/C10H10BrN3O3S/c1-7-13-10(17-14-7)6-12-18(15,16)9-4-2-8(11)3-5-9/h2-5,12H,6H2,1H3. The van der Waals surface area contributed by atoms with Gasteiger partial charge in [-0.15, -0.1) is 0 Å². The minimum atomic E-state index is -3.56. The van der Waals surface area contributed by atoms with E-state index in [0.29, 0.717) is 5.82 Å². The number of nitrogens with one attached hydrogen (secondary N) is 1. The van der Waals surface area contributed by atoms with Crippen LogP contribution in [0.1, 0.15) is 11.7 Å². The fourth-order valence-electron chi connectivity index (χ4n) is 1.27. The van der Waals surface area contributed by atoms with Crippen LogP contribution in [-0.2, 0) is 16.6 Å². The number of rotatable bonds is 4. The van der Waals surface area contributed by atoms with Gasteiger partial charge in [0, 0.05) is 4.47 Å². The van der Waals surface area contributed by atoms with Gasteiger partial charge in [-0.25, -0.2) is 13.1 Å². The zero-order valence-corrected chi connectivity index (χ0v) is 11.8. The molecule has 0 amide bonds. The van der Waals surface area contributed by atoms with E-state index in [-0.39, 0.29) is 17.3 Å². The number of halogens is 1. The number of hydrogen-bond donors (Lipinski definition) is 1. The summed E-state index contributed by atoms with van der Waals surface area (Å²) in [5, 5.41) is 3.57. The van der Waals surface area contributed by atoms with Crippen molar-refractivity contribution in [1.29, 1.82) is 0 Å². The Hall–Kier alpha value is -1.25. The van der Waals surface area contributed by atoms with Crippen molar-refractivity contribution in [1.82, 2.24) is 14.9 Å². The van der Waals surface area contributed by atoms with Crippen molar-refractivity contribution in [2.45, 2.75) is 18.4 Å². The number of hydrogen-bond acceptors (Lipinski definition) is 5. The number of sulfonamides is 1. The van der Waals surface area contributed by atoms with Gasteiger partial charge in [0.2, 0.25) is 15.9 Å². The Bertz CT molecular complexity index is 637. The molecule has 0 aliphatic carbocycles. The molecular weight excluding hydrogens is 322 g/mol. The average molecular weight is 332 g/mol. The molecular formula is C10H10BrN3O3S. The highest BCUT2D eigenvalue weighted by molar-refractivity contribution is 9.10. The normalized spacial score (nSPS) is 11.7. The fraction of sp³-hybridized carbons (Fsp3) is 0.200. The van der Waals surface area contributed by atoms with Gasteiger partial charge in [-0.3, -0.25) is 0 Å². The molecule has 0 saturated heterocycles. The smallest absolute Gasteiger partial charge is 0.241 e. The Morgan fingerprint density at radius 3 is 2.56 bits per heavy atom. The maximum absolute atomic E-state index is 11.9. The van der Waals surface area contributed by atoms with Gasteiger partial charge in [-0.2, -0.15) is 4.98 Å². The molecule has 1 heterocycles. The third-order valence-electron chi connectivity index (χ3n) is 2.11. The molecule has 96 valence electrons. The van der Waals surface area contributed by atoms with Gasteiger partial charge in [0.25, 0.3) is 0 Å². The minimum absolute atomic E-state index is 0.0285. The second-order valence-electron chi connectivity index (χ2n) is 3.51. The lowest BCUT2D eigenvalue weighted by Crippen LogP contribution is -2.23. The summed E-state index contributed by atoms with van der Waals surface area (Å²) in [6, 6.07) is 6.33. The van der Waals surface area contributed by atoms with Crippen LogP contribution in [0.4, 0.5) is 0 Å². The molecule has 0 atom stereocenters. The summed E-state index contributed by atoms with van der Waals surface area (Å²) in [4.78, 5) is 4.09. The molecule has 0 fully saturated rings. The predicted molar refractivity (Wildman–Crippen MR) is 67.2 cm³/mol. The van der Waals surface area contributed by atoms with Gasteiger partial charge in [0.05, 0.1) is 11.4 Å². The Kier molecular flexibility index (Phi) is 3.79. The predicted octanol–water partition coefficient (Wildman–Crippen LogP) is 1.62. The molecule has 2 aromatic rings. The topological polar surface area (TPSA) is 85.1 Å². The maximum atomic E-state index is 11.9. The van der Waals surface area contributed by atoms with Crippen LogP contribution in [0.5, 0.6) is 0 Å². The third kappa shape index (κ3) is 3.15. The largest absolute Gasteiger partial charge is 0.338 e. The monoisotopic (exact) mass is 331 g/mol. The molecule has 0 unspecified atom stereocenters. The first kappa shape index (κ1) is 13.2. The van der Waals surface area contributed by atoms with Gasteiger partial charge in [-0.1, -0.05) is 21.1 Å². The Balaban J connectivity index is 2.10. The van der Waals surface area contributed by atoms with Crippen molar-refractivity contribution < 1.29 is 12.9 Å². The molecule has 18 heavy (non-hydrogen) atoms. The summed E-state index contributed by atoms with van der Waals surface area (Å²) in [6.45, 7) is 1.63. The summed E-state index contributed by atoms with van der Waals surface area (Å²) in [5.74, 6) is 0.695. The van der Waals surface area contributed by atoms with E-state index in [0.717, 1.165) is 4.47 Å². The van der Waals surface area contributed by atoms with Gasteiger partial charge in [0.15, 0.2) is 5.82 Å². The average Bonchev–Trinajstić information content (AvgIpc) is 2.73. The third-order valence-corrected chi connectivity index (χ3v) is 4.05.